The molecule has 2 rings (SSSR count). The molecule has 1 unspecified atom stereocenters. The molecule has 0 saturated carbocycles. The van der Waals surface area contributed by atoms with Crippen molar-refractivity contribution in [3.8, 4) is 0 Å². The number of aliphatic hydroxyl groups is 1. The van der Waals surface area contributed by atoms with E-state index in [2.05, 4.69) is 5.10 Å². The van der Waals surface area contributed by atoms with Crippen LogP contribution in [0.3, 0.4) is 0 Å². The number of aryl methyl sites for hydroxylation is 1. The molecule has 20 heavy (non-hydrogen) atoms. The van der Waals surface area contributed by atoms with E-state index in [-0.39, 0.29) is 5.82 Å². The summed E-state index contributed by atoms with van der Waals surface area (Å²) in [6.07, 6.45) is 0.111. The Hall–Kier alpha value is -1.39. The van der Waals surface area contributed by atoms with E-state index < -0.39 is 6.10 Å². The zero-order valence-corrected chi connectivity index (χ0v) is 12.6. The lowest BCUT2D eigenvalue weighted by molar-refractivity contribution is 0.172. The van der Waals surface area contributed by atoms with E-state index in [9.17, 15) is 9.50 Å². The minimum absolute atomic E-state index is 0.320. The SMILES string of the molecule is CCC(O)c1c(C)nn(Cc2cc(F)ccc2Cl)c1C. The summed E-state index contributed by atoms with van der Waals surface area (Å²) in [6, 6.07) is 4.29. The Kier molecular flexibility index (Phi) is 4.45. The molecule has 1 N–H and O–H groups in total. The number of aromatic nitrogens is 2. The van der Waals surface area contributed by atoms with E-state index in [4.69, 9.17) is 11.6 Å². The van der Waals surface area contributed by atoms with Gasteiger partial charge in [-0.3, -0.25) is 4.68 Å². The molecule has 0 bridgehead atoms. The van der Waals surface area contributed by atoms with E-state index in [1.54, 1.807) is 10.7 Å². The number of halogens is 2. The molecule has 0 saturated heterocycles. The van der Waals surface area contributed by atoms with Crippen LogP contribution in [0.25, 0.3) is 0 Å². The van der Waals surface area contributed by atoms with Gasteiger partial charge in [0.15, 0.2) is 0 Å². The van der Waals surface area contributed by atoms with Crippen molar-refractivity contribution in [3.05, 3.63) is 51.6 Å². The molecule has 1 aromatic carbocycles. The van der Waals surface area contributed by atoms with Crippen molar-refractivity contribution in [2.75, 3.05) is 0 Å². The Morgan fingerprint density at radius 3 is 2.75 bits per heavy atom. The van der Waals surface area contributed by atoms with Crippen molar-refractivity contribution in [2.45, 2.75) is 39.8 Å². The fourth-order valence-electron chi connectivity index (χ4n) is 2.38. The third-order valence-electron chi connectivity index (χ3n) is 3.49. The number of rotatable bonds is 4. The van der Waals surface area contributed by atoms with Crippen molar-refractivity contribution in [1.82, 2.24) is 9.78 Å². The van der Waals surface area contributed by atoms with Crippen LogP contribution in [0.15, 0.2) is 18.2 Å². The summed E-state index contributed by atoms with van der Waals surface area (Å²) in [5.41, 5.74) is 3.20. The summed E-state index contributed by atoms with van der Waals surface area (Å²) < 4.78 is 15.0. The van der Waals surface area contributed by atoms with E-state index in [0.29, 0.717) is 23.6 Å². The fourth-order valence-corrected chi connectivity index (χ4v) is 2.55. The number of hydrogen-bond acceptors (Lipinski definition) is 2. The maximum absolute atomic E-state index is 13.3. The lowest BCUT2D eigenvalue weighted by Crippen LogP contribution is -2.06. The molecular weight excluding hydrogens is 279 g/mol. The van der Waals surface area contributed by atoms with Crippen LogP contribution in [0, 0.1) is 19.7 Å². The summed E-state index contributed by atoms with van der Waals surface area (Å²) in [6.45, 7) is 6.08. The van der Waals surface area contributed by atoms with Gasteiger partial charge in [0.1, 0.15) is 5.82 Å². The Morgan fingerprint density at radius 2 is 2.10 bits per heavy atom. The predicted molar refractivity (Wildman–Crippen MR) is 77.5 cm³/mol. The molecule has 3 nitrogen and oxygen atoms in total. The Labute approximate surface area is 123 Å². The predicted octanol–water partition coefficient (Wildman–Crippen LogP) is 3.78. The van der Waals surface area contributed by atoms with Gasteiger partial charge in [0.25, 0.3) is 0 Å². The molecule has 1 atom stereocenters. The fraction of sp³-hybridized carbons (Fsp3) is 0.400. The maximum Gasteiger partial charge on any atom is 0.123 e. The monoisotopic (exact) mass is 296 g/mol. The molecule has 5 heteroatoms. The first-order valence-electron chi connectivity index (χ1n) is 6.60. The van der Waals surface area contributed by atoms with Gasteiger partial charge in [-0.2, -0.15) is 5.10 Å². The molecule has 0 radical (unpaired) electrons. The van der Waals surface area contributed by atoms with Crippen LogP contribution >= 0.6 is 11.6 Å². The van der Waals surface area contributed by atoms with Crippen molar-refractivity contribution < 1.29 is 9.50 Å². The molecule has 0 aliphatic rings. The maximum atomic E-state index is 13.3. The third-order valence-corrected chi connectivity index (χ3v) is 3.85. The lowest BCUT2D eigenvalue weighted by Gasteiger charge is -2.10. The average molecular weight is 297 g/mol. The standard InChI is InChI=1S/C15H18ClFN2O/c1-4-14(20)15-9(2)18-19(10(15)3)8-11-7-12(17)5-6-13(11)16/h5-7,14,20H,4,8H2,1-3H3. The van der Waals surface area contributed by atoms with Crippen LogP contribution in [0.2, 0.25) is 5.02 Å². The van der Waals surface area contributed by atoms with Crippen LogP contribution in [-0.4, -0.2) is 14.9 Å². The molecule has 108 valence electrons. The molecule has 0 aliphatic carbocycles. The highest BCUT2D eigenvalue weighted by Crippen LogP contribution is 2.25. The molecule has 1 aromatic heterocycles. The van der Waals surface area contributed by atoms with Gasteiger partial charge in [-0.25, -0.2) is 4.39 Å². The lowest BCUT2D eigenvalue weighted by atomic mass is 10.1. The zero-order valence-electron chi connectivity index (χ0n) is 11.8. The van der Waals surface area contributed by atoms with Gasteiger partial charge in [-0.1, -0.05) is 18.5 Å². The van der Waals surface area contributed by atoms with Gasteiger partial charge in [0, 0.05) is 16.3 Å². The summed E-state index contributed by atoms with van der Waals surface area (Å²) in [7, 11) is 0. The first-order chi connectivity index (χ1) is 9.43. The molecule has 0 fully saturated rings. The number of hydrogen-bond donors (Lipinski definition) is 1. The Morgan fingerprint density at radius 1 is 1.40 bits per heavy atom. The van der Waals surface area contributed by atoms with Crippen molar-refractivity contribution >= 4 is 11.6 Å². The molecule has 2 aromatic rings. The largest absolute Gasteiger partial charge is 0.388 e. The number of aliphatic hydroxyl groups excluding tert-OH is 1. The van der Waals surface area contributed by atoms with E-state index in [0.717, 1.165) is 17.0 Å². The highest BCUT2D eigenvalue weighted by Gasteiger charge is 2.18. The minimum atomic E-state index is -0.522. The van der Waals surface area contributed by atoms with Gasteiger partial charge >= 0.3 is 0 Å². The van der Waals surface area contributed by atoms with Crippen LogP contribution in [0.1, 0.15) is 42.0 Å². The molecule has 0 aliphatic heterocycles. The van der Waals surface area contributed by atoms with Crippen LogP contribution in [0.4, 0.5) is 4.39 Å². The summed E-state index contributed by atoms with van der Waals surface area (Å²) in [5, 5.41) is 15.0. The number of benzene rings is 1. The third kappa shape index (κ3) is 2.86. The smallest absolute Gasteiger partial charge is 0.123 e. The summed E-state index contributed by atoms with van der Waals surface area (Å²) in [5.74, 6) is -0.320. The number of nitrogens with zero attached hydrogens (tertiary/aromatic N) is 2. The first-order valence-corrected chi connectivity index (χ1v) is 6.97. The van der Waals surface area contributed by atoms with Gasteiger partial charge in [0.05, 0.1) is 18.3 Å². The Balaban J connectivity index is 2.37. The molecular formula is C15H18ClFN2O. The summed E-state index contributed by atoms with van der Waals surface area (Å²) >= 11 is 6.08. The highest BCUT2D eigenvalue weighted by atomic mass is 35.5. The summed E-state index contributed by atoms with van der Waals surface area (Å²) in [4.78, 5) is 0. The minimum Gasteiger partial charge on any atom is -0.388 e. The molecule has 1 heterocycles. The first kappa shape index (κ1) is 15.0. The van der Waals surface area contributed by atoms with Crippen LogP contribution < -0.4 is 0 Å². The van der Waals surface area contributed by atoms with Gasteiger partial charge in [-0.15, -0.1) is 0 Å². The van der Waals surface area contributed by atoms with Gasteiger partial charge in [0.2, 0.25) is 0 Å². The van der Waals surface area contributed by atoms with Gasteiger partial charge < -0.3 is 5.11 Å². The van der Waals surface area contributed by atoms with Crippen molar-refractivity contribution in [3.63, 3.8) is 0 Å². The topological polar surface area (TPSA) is 38.1 Å². The quantitative estimate of drug-likeness (QED) is 0.932. The van der Waals surface area contributed by atoms with Crippen molar-refractivity contribution in [1.29, 1.82) is 0 Å². The highest BCUT2D eigenvalue weighted by molar-refractivity contribution is 6.31. The zero-order chi connectivity index (χ0) is 14.9. The van der Waals surface area contributed by atoms with Crippen LogP contribution in [-0.2, 0) is 6.54 Å². The second-order valence-electron chi connectivity index (χ2n) is 4.90. The van der Waals surface area contributed by atoms with E-state index in [1.807, 2.05) is 20.8 Å². The second kappa shape index (κ2) is 5.94. The van der Waals surface area contributed by atoms with Crippen LogP contribution in [0.5, 0.6) is 0 Å². The molecule has 0 spiro atoms. The van der Waals surface area contributed by atoms with E-state index in [1.165, 1.54) is 12.1 Å². The normalized spacial score (nSPS) is 12.7. The second-order valence-corrected chi connectivity index (χ2v) is 5.31. The average Bonchev–Trinajstić information content (AvgIpc) is 2.68. The molecule has 0 amide bonds. The van der Waals surface area contributed by atoms with E-state index >= 15 is 0 Å². The van der Waals surface area contributed by atoms with Crippen molar-refractivity contribution in [2.24, 2.45) is 0 Å². The van der Waals surface area contributed by atoms with Gasteiger partial charge in [-0.05, 0) is 44.0 Å². The Bertz CT molecular complexity index is 625.